The van der Waals surface area contributed by atoms with Crippen LogP contribution in [0.25, 0.3) is 0 Å². The number of hydrogen-bond donors (Lipinski definition) is 0. The first-order valence-electron chi connectivity index (χ1n) is 3.17. The van der Waals surface area contributed by atoms with Crippen LogP contribution in [0.4, 0.5) is 0 Å². The average Bonchev–Trinajstić information content (AvgIpc) is 2.32. The lowest BCUT2D eigenvalue weighted by molar-refractivity contribution is 0.848. The Hall–Kier alpha value is -0.0800. The van der Waals surface area contributed by atoms with E-state index in [-0.39, 0.29) is 3.42 Å². The van der Waals surface area contributed by atoms with Gasteiger partial charge in [-0.15, -0.1) is 6.42 Å². The molecule has 0 bridgehead atoms. The molecule has 0 radical (unpaired) electrons. The van der Waals surface area contributed by atoms with Crippen LogP contribution in [0.2, 0.25) is 0 Å². The zero-order valence-corrected chi connectivity index (χ0v) is 9.36. The maximum atomic E-state index is 5.20. The third-order valence-electron chi connectivity index (χ3n) is 1.24. The molecular weight excluding hydrogens is 269 g/mol. The molecule has 0 spiro atoms. The van der Waals surface area contributed by atoms with E-state index in [9.17, 15) is 0 Å². The Kier molecular flexibility index (Phi) is 2.55. The van der Waals surface area contributed by atoms with Gasteiger partial charge in [-0.25, -0.2) is 0 Å². The summed E-state index contributed by atoms with van der Waals surface area (Å²) in [7, 11) is 0. The van der Waals surface area contributed by atoms with E-state index in [1.807, 2.05) is 6.07 Å². The Morgan fingerprint density at radius 2 is 2.36 bits per heavy atom. The summed E-state index contributed by atoms with van der Waals surface area (Å²) in [6.45, 7) is 4.28. The van der Waals surface area contributed by atoms with E-state index in [4.69, 9.17) is 6.42 Å². The third-order valence-corrected chi connectivity index (χ3v) is 3.30. The van der Waals surface area contributed by atoms with Gasteiger partial charge < -0.3 is 0 Å². The molecule has 0 unspecified atom stereocenters. The van der Waals surface area contributed by atoms with Gasteiger partial charge in [-0.05, 0) is 37.4 Å². The third kappa shape index (κ3) is 2.17. The Balaban J connectivity index is 3.01. The maximum Gasteiger partial charge on any atom is 0.127 e. The van der Waals surface area contributed by atoms with Crippen LogP contribution in [-0.2, 0) is 3.42 Å². The van der Waals surface area contributed by atoms with Crippen molar-refractivity contribution in [1.82, 2.24) is 4.37 Å². The van der Waals surface area contributed by atoms with E-state index in [0.717, 1.165) is 5.69 Å². The second-order valence-corrected chi connectivity index (χ2v) is 6.20. The molecule has 11 heavy (non-hydrogen) atoms. The zero-order valence-electron chi connectivity index (χ0n) is 6.39. The van der Waals surface area contributed by atoms with E-state index in [2.05, 4.69) is 46.7 Å². The Morgan fingerprint density at radius 3 is 2.64 bits per heavy atom. The van der Waals surface area contributed by atoms with Crippen LogP contribution in [0.15, 0.2) is 6.07 Å². The Labute approximate surface area is 84.5 Å². The maximum absolute atomic E-state index is 5.20. The summed E-state index contributed by atoms with van der Waals surface area (Å²) in [5.74, 6) is 2.52. The second kappa shape index (κ2) is 3.11. The van der Waals surface area contributed by atoms with Gasteiger partial charge in [0.1, 0.15) is 5.69 Å². The van der Waals surface area contributed by atoms with Crippen molar-refractivity contribution in [2.45, 2.75) is 17.3 Å². The molecule has 0 aliphatic heterocycles. The predicted octanol–water partition coefficient (Wildman–Crippen LogP) is 2.79. The fourth-order valence-corrected chi connectivity index (χ4v) is 1.76. The molecule has 3 heteroatoms. The van der Waals surface area contributed by atoms with Crippen LogP contribution in [0.3, 0.4) is 0 Å². The summed E-state index contributed by atoms with van der Waals surface area (Å²) < 4.78 is 4.25. The molecule has 1 heterocycles. The van der Waals surface area contributed by atoms with Crippen molar-refractivity contribution in [3.05, 3.63) is 16.6 Å². The zero-order chi connectivity index (χ0) is 8.48. The number of rotatable bonds is 1. The van der Waals surface area contributed by atoms with Crippen molar-refractivity contribution in [2.24, 2.45) is 0 Å². The number of alkyl halides is 1. The lowest BCUT2D eigenvalue weighted by Gasteiger charge is -2.11. The molecule has 58 valence electrons. The van der Waals surface area contributed by atoms with E-state index in [1.54, 1.807) is 0 Å². The number of aromatic nitrogens is 1. The SMILES string of the molecule is C#Cc1cc(C(C)(C)I)sn1. The minimum Gasteiger partial charge on any atom is -0.184 e. The molecule has 0 aliphatic rings. The molecule has 0 amide bonds. The van der Waals surface area contributed by atoms with Gasteiger partial charge in [0, 0.05) is 4.88 Å². The lowest BCUT2D eigenvalue weighted by atomic mass is 10.2. The topological polar surface area (TPSA) is 12.9 Å². The van der Waals surface area contributed by atoms with Crippen LogP contribution in [0, 0.1) is 12.3 Å². The van der Waals surface area contributed by atoms with Crippen molar-refractivity contribution in [3.63, 3.8) is 0 Å². The standard InChI is InChI=1S/C8H8INS/c1-4-6-5-7(11-10-6)8(2,3)9/h1,5H,2-3H3. The molecule has 0 N–H and O–H groups in total. The molecule has 0 saturated carbocycles. The van der Waals surface area contributed by atoms with Crippen LogP contribution >= 0.6 is 34.1 Å². The quantitative estimate of drug-likeness (QED) is 0.437. The van der Waals surface area contributed by atoms with Crippen molar-refractivity contribution in [1.29, 1.82) is 0 Å². The molecule has 1 rings (SSSR count). The lowest BCUT2D eigenvalue weighted by Crippen LogP contribution is -2.02. The monoisotopic (exact) mass is 277 g/mol. The second-order valence-electron chi connectivity index (χ2n) is 2.69. The van der Waals surface area contributed by atoms with Gasteiger partial charge in [-0.3, -0.25) is 0 Å². The van der Waals surface area contributed by atoms with Gasteiger partial charge >= 0.3 is 0 Å². The van der Waals surface area contributed by atoms with Gasteiger partial charge in [0.25, 0.3) is 0 Å². The molecule has 1 aromatic heterocycles. The summed E-state index contributed by atoms with van der Waals surface area (Å²) in [6.07, 6.45) is 5.20. The molecule has 1 aromatic rings. The largest absolute Gasteiger partial charge is 0.184 e. The summed E-state index contributed by atoms with van der Waals surface area (Å²) in [5, 5.41) is 0. The Bertz CT molecular complexity index is 290. The Morgan fingerprint density at radius 1 is 1.73 bits per heavy atom. The first-order valence-corrected chi connectivity index (χ1v) is 5.02. The van der Waals surface area contributed by atoms with Crippen LogP contribution in [-0.4, -0.2) is 4.37 Å². The van der Waals surface area contributed by atoms with Crippen molar-refractivity contribution < 1.29 is 0 Å². The van der Waals surface area contributed by atoms with E-state index >= 15 is 0 Å². The number of halogens is 1. The van der Waals surface area contributed by atoms with E-state index in [0.29, 0.717) is 0 Å². The summed E-state index contributed by atoms with van der Waals surface area (Å²) in [5.41, 5.74) is 0.745. The average molecular weight is 277 g/mol. The van der Waals surface area contributed by atoms with Gasteiger partial charge in [-0.1, -0.05) is 22.6 Å². The highest BCUT2D eigenvalue weighted by Crippen LogP contribution is 2.33. The normalized spacial score (nSPS) is 11.1. The fraction of sp³-hybridized carbons (Fsp3) is 0.375. The number of nitrogens with zero attached hydrogens (tertiary/aromatic N) is 1. The smallest absolute Gasteiger partial charge is 0.127 e. The summed E-state index contributed by atoms with van der Waals surface area (Å²) in [4.78, 5) is 1.23. The summed E-state index contributed by atoms with van der Waals surface area (Å²) >= 11 is 3.86. The molecule has 0 fully saturated rings. The van der Waals surface area contributed by atoms with Crippen molar-refractivity contribution in [3.8, 4) is 12.3 Å². The van der Waals surface area contributed by atoms with E-state index in [1.165, 1.54) is 16.4 Å². The highest BCUT2D eigenvalue weighted by molar-refractivity contribution is 14.1. The highest BCUT2D eigenvalue weighted by Gasteiger charge is 2.18. The fourth-order valence-electron chi connectivity index (χ4n) is 0.623. The minimum absolute atomic E-state index is 0.143. The molecule has 0 atom stereocenters. The van der Waals surface area contributed by atoms with Crippen LogP contribution in [0.1, 0.15) is 24.4 Å². The first-order chi connectivity index (χ1) is 5.04. The van der Waals surface area contributed by atoms with Crippen LogP contribution < -0.4 is 0 Å². The summed E-state index contributed by atoms with van der Waals surface area (Å²) in [6, 6.07) is 1.97. The number of hydrogen-bond acceptors (Lipinski definition) is 2. The van der Waals surface area contributed by atoms with Gasteiger partial charge in [-0.2, -0.15) is 4.37 Å². The minimum atomic E-state index is 0.143. The highest BCUT2D eigenvalue weighted by atomic mass is 127. The molecular formula is C8H8INS. The number of terminal acetylenes is 1. The van der Waals surface area contributed by atoms with Gasteiger partial charge in [0.15, 0.2) is 0 Å². The first kappa shape index (κ1) is 9.01. The molecule has 0 aliphatic carbocycles. The van der Waals surface area contributed by atoms with Gasteiger partial charge in [0.05, 0.1) is 3.42 Å². The predicted molar refractivity (Wildman–Crippen MR) is 57.1 cm³/mol. The molecule has 1 nitrogen and oxygen atoms in total. The molecule has 0 aromatic carbocycles. The molecule has 0 saturated heterocycles. The van der Waals surface area contributed by atoms with Crippen molar-refractivity contribution in [2.75, 3.05) is 0 Å². The van der Waals surface area contributed by atoms with E-state index < -0.39 is 0 Å². The van der Waals surface area contributed by atoms with Crippen molar-refractivity contribution >= 4 is 34.1 Å². The van der Waals surface area contributed by atoms with Gasteiger partial charge in [0.2, 0.25) is 0 Å². The van der Waals surface area contributed by atoms with Crippen LogP contribution in [0.5, 0.6) is 0 Å².